The summed E-state index contributed by atoms with van der Waals surface area (Å²) in [6.45, 7) is 3.20. The Morgan fingerprint density at radius 3 is 2.76 bits per heavy atom. The SMILES string of the molecule is COC(=O)[C@@]12OC(C)(C)O[C@@H]1C=CC(=O)[C@H]2O. The van der Waals surface area contributed by atoms with Crippen molar-refractivity contribution in [2.75, 3.05) is 7.11 Å². The minimum absolute atomic E-state index is 0.604. The quantitative estimate of drug-likeness (QED) is 0.627. The highest BCUT2D eigenvalue weighted by Crippen LogP contribution is 2.42. The summed E-state index contributed by atoms with van der Waals surface area (Å²) in [7, 11) is 1.17. The third-order valence-corrected chi connectivity index (χ3v) is 2.86. The Morgan fingerprint density at radius 1 is 1.53 bits per heavy atom. The van der Waals surface area contributed by atoms with E-state index in [0.717, 1.165) is 0 Å². The number of carbonyl (C=O) groups excluding carboxylic acids is 2. The summed E-state index contributed by atoms with van der Waals surface area (Å²) in [5.41, 5.74) is -1.80. The van der Waals surface area contributed by atoms with Gasteiger partial charge in [0, 0.05) is 0 Å². The Morgan fingerprint density at radius 2 is 2.18 bits per heavy atom. The zero-order chi connectivity index (χ0) is 12.8. The molecule has 1 aliphatic heterocycles. The first-order valence-electron chi connectivity index (χ1n) is 5.20. The molecular formula is C11H14O6. The van der Waals surface area contributed by atoms with E-state index in [1.54, 1.807) is 13.8 Å². The molecule has 0 aromatic carbocycles. The summed E-state index contributed by atoms with van der Waals surface area (Å²) >= 11 is 0. The highest BCUT2D eigenvalue weighted by atomic mass is 16.8. The van der Waals surface area contributed by atoms with Crippen LogP contribution in [0.1, 0.15) is 13.8 Å². The van der Waals surface area contributed by atoms with Gasteiger partial charge in [-0.2, -0.15) is 0 Å². The second-order valence-electron chi connectivity index (χ2n) is 4.49. The van der Waals surface area contributed by atoms with Gasteiger partial charge >= 0.3 is 5.97 Å². The Kier molecular flexibility index (Phi) is 2.61. The van der Waals surface area contributed by atoms with Crippen LogP contribution in [0.15, 0.2) is 12.2 Å². The first kappa shape index (κ1) is 12.2. The maximum absolute atomic E-state index is 11.8. The van der Waals surface area contributed by atoms with Crippen molar-refractivity contribution in [1.82, 2.24) is 0 Å². The van der Waals surface area contributed by atoms with Gasteiger partial charge in [-0.05, 0) is 26.0 Å². The monoisotopic (exact) mass is 242 g/mol. The first-order chi connectivity index (χ1) is 7.83. The van der Waals surface area contributed by atoms with Crippen molar-refractivity contribution < 1.29 is 28.9 Å². The third kappa shape index (κ3) is 1.60. The largest absolute Gasteiger partial charge is 0.467 e. The number of aliphatic hydroxyl groups excluding tert-OH is 1. The molecule has 0 bridgehead atoms. The maximum atomic E-state index is 11.8. The molecule has 2 rings (SSSR count). The van der Waals surface area contributed by atoms with E-state index in [4.69, 9.17) is 9.47 Å². The van der Waals surface area contributed by atoms with E-state index in [1.165, 1.54) is 19.3 Å². The van der Waals surface area contributed by atoms with Crippen LogP contribution >= 0.6 is 0 Å². The third-order valence-electron chi connectivity index (χ3n) is 2.86. The van der Waals surface area contributed by atoms with Gasteiger partial charge in [-0.15, -0.1) is 0 Å². The van der Waals surface area contributed by atoms with Gasteiger partial charge in [0.15, 0.2) is 17.7 Å². The highest BCUT2D eigenvalue weighted by molar-refractivity contribution is 6.01. The van der Waals surface area contributed by atoms with Crippen molar-refractivity contribution in [1.29, 1.82) is 0 Å². The number of hydrogen-bond acceptors (Lipinski definition) is 6. The summed E-state index contributed by atoms with van der Waals surface area (Å²) < 4.78 is 15.5. The van der Waals surface area contributed by atoms with Crippen molar-refractivity contribution in [3.05, 3.63) is 12.2 Å². The Labute approximate surface area is 98.1 Å². The molecule has 1 N–H and O–H groups in total. The van der Waals surface area contributed by atoms with Crippen LogP contribution in [0.4, 0.5) is 0 Å². The lowest BCUT2D eigenvalue weighted by molar-refractivity contribution is -0.204. The van der Waals surface area contributed by atoms with Gasteiger partial charge in [0.25, 0.3) is 0 Å². The lowest BCUT2D eigenvalue weighted by Crippen LogP contribution is -2.61. The zero-order valence-corrected chi connectivity index (χ0v) is 9.80. The van der Waals surface area contributed by atoms with E-state index in [1.807, 2.05) is 0 Å². The summed E-state index contributed by atoms with van der Waals surface area (Å²) in [6, 6.07) is 0. The fourth-order valence-electron chi connectivity index (χ4n) is 2.19. The molecule has 6 heteroatoms. The van der Waals surface area contributed by atoms with Gasteiger partial charge in [-0.25, -0.2) is 4.79 Å². The Bertz CT molecular complexity index is 399. The average Bonchev–Trinajstić information content (AvgIpc) is 2.55. The molecule has 0 unspecified atom stereocenters. The van der Waals surface area contributed by atoms with Crippen molar-refractivity contribution in [3.8, 4) is 0 Å². The second kappa shape index (κ2) is 3.63. The average molecular weight is 242 g/mol. The first-order valence-corrected chi connectivity index (χ1v) is 5.20. The molecule has 2 aliphatic rings. The number of esters is 1. The summed E-state index contributed by atoms with van der Waals surface area (Å²) in [6.07, 6.45) is 0.131. The van der Waals surface area contributed by atoms with Gasteiger partial charge in [0.05, 0.1) is 7.11 Å². The molecule has 0 aromatic heterocycles. The number of ketones is 1. The van der Waals surface area contributed by atoms with E-state index in [-0.39, 0.29) is 0 Å². The molecule has 0 aromatic rings. The molecule has 1 fully saturated rings. The molecule has 1 saturated heterocycles. The number of aliphatic hydroxyl groups is 1. The summed E-state index contributed by atoms with van der Waals surface area (Å²) in [4.78, 5) is 23.3. The van der Waals surface area contributed by atoms with Crippen LogP contribution in [-0.2, 0) is 23.8 Å². The van der Waals surface area contributed by atoms with Gasteiger partial charge < -0.3 is 19.3 Å². The molecule has 3 atom stereocenters. The number of ether oxygens (including phenoxy) is 3. The van der Waals surface area contributed by atoms with E-state index in [9.17, 15) is 14.7 Å². The molecule has 17 heavy (non-hydrogen) atoms. The molecular weight excluding hydrogens is 228 g/mol. The lowest BCUT2D eigenvalue weighted by Gasteiger charge is -2.34. The van der Waals surface area contributed by atoms with Crippen molar-refractivity contribution >= 4 is 11.8 Å². The molecule has 94 valence electrons. The van der Waals surface area contributed by atoms with Crippen LogP contribution in [0.5, 0.6) is 0 Å². The standard InChI is InChI=1S/C11H14O6/c1-10(2)16-7-5-4-6(12)8(13)11(7,17-10)9(14)15-3/h4-5,7-8,13H,1-3H3/t7-,8-,11-/m1/s1. The molecule has 0 amide bonds. The highest BCUT2D eigenvalue weighted by Gasteiger charge is 2.65. The minimum atomic E-state index is -1.80. The van der Waals surface area contributed by atoms with Gasteiger partial charge in [0.2, 0.25) is 5.60 Å². The molecule has 0 saturated carbocycles. The van der Waals surface area contributed by atoms with Crippen molar-refractivity contribution in [2.45, 2.75) is 37.4 Å². The zero-order valence-electron chi connectivity index (χ0n) is 9.80. The summed E-state index contributed by atoms with van der Waals surface area (Å²) in [5, 5.41) is 9.93. The smallest absolute Gasteiger partial charge is 0.344 e. The lowest BCUT2D eigenvalue weighted by atomic mass is 9.83. The van der Waals surface area contributed by atoms with Gasteiger partial charge in [-0.1, -0.05) is 0 Å². The normalized spacial score (nSPS) is 38.9. The van der Waals surface area contributed by atoms with E-state index >= 15 is 0 Å². The predicted octanol–water partition coefficient (Wildman–Crippen LogP) is -0.451. The van der Waals surface area contributed by atoms with E-state index < -0.39 is 35.3 Å². The molecule has 0 radical (unpaired) electrons. The van der Waals surface area contributed by atoms with Gasteiger partial charge in [-0.3, -0.25) is 4.79 Å². The second-order valence-corrected chi connectivity index (χ2v) is 4.49. The van der Waals surface area contributed by atoms with Crippen LogP contribution in [0.3, 0.4) is 0 Å². The topological polar surface area (TPSA) is 82.1 Å². The number of rotatable bonds is 1. The fraction of sp³-hybridized carbons (Fsp3) is 0.636. The summed E-state index contributed by atoms with van der Waals surface area (Å²) in [5.74, 6) is -2.50. The molecule has 1 heterocycles. The molecule has 1 aliphatic carbocycles. The van der Waals surface area contributed by atoms with Crippen LogP contribution in [0.25, 0.3) is 0 Å². The van der Waals surface area contributed by atoms with Crippen molar-refractivity contribution in [2.24, 2.45) is 0 Å². The van der Waals surface area contributed by atoms with Crippen molar-refractivity contribution in [3.63, 3.8) is 0 Å². The van der Waals surface area contributed by atoms with E-state index in [0.29, 0.717) is 0 Å². The molecule has 0 spiro atoms. The maximum Gasteiger partial charge on any atom is 0.344 e. The van der Waals surface area contributed by atoms with E-state index in [2.05, 4.69) is 4.74 Å². The minimum Gasteiger partial charge on any atom is -0.467 e. The predicted molar refractivity (Wildman–Crippen MR) is 54.9 cm³/mol. The number of methoxy groups -OCH3 is 1. The Balaban J connectivity index is 2.50. The van der Waals surface area contributed by atoms with Crippen LogP contribution in [0.2, 0.25) is 0 Å². The number of hydrogen-bond donors (Lipinski definition) is 1. The van der Waals surface area contributed by atoms with Crippen LogP contribution < -0.4 is 0 Å². The molecule has 6 nitrogen and oxygen atoms in total. The van der Waals surface area contributed by atoms with Crippen LogP contribution in [0, 0.1) is 0 Å². The van der Waals surface area contributed by atoms with Gasteiger partial charge in [0.1, 0.15) is 6.10 Å². The Hall–Kier alpha value is -1.24. The number of carbonyl (C=O) groups is 2. The van der Waals surface area contributed by atoms with Crippen LogP contribution in [-0.4, -0.2) is 47.6 Å². The fourth-order valence-corrected chi connectivity index (χ4v) is 2.19. The number of fused-ring (bicyclic) bond motifs is 1.